The van der Waals surface area contributed by atoms with Crippen molar-refractivity contribution in [2.24, 2.45) is 0 Å². The minimum absolute atomic E-state index is 0.0157. The van der Waals surface area contributed by atoms with Gasteiger partial charge in [0.05, 0.1) is 0 Å². The highest BCUT2D eigenvalue weighted by molar-refractivity contribution is 6.30. The molecule has 0 aliphatic carbocycles. The third kappa shape index (κ3) is 6.08. The van der Waals surface area contributed by atoms with Gasteiger partial charge in [-0.3, -0.25) is 4.79 Å². The predicted octanol–water partition coefficient (Wildman–Crippen LogP) is 6.34. The van der Waals surface area contributed by atoms with Gasteiger partial charge < -0.3 is 10.1 Å². The van der Waals surface area contributed by atoms with E-state index < -0.39 is 5.60 Å². The van der Waals surface area contributed by atoms with Gasteiger partial charge in [-0.2, -0.15) is 0 Å². The summed E-state index contributed by atoms with van der Waals surface area (Å²) in [6.07, 6.45) is 0. The summed E-state index contributed by atoms with van der Waals surface area (Å²) >= 11 is 5.92. The Hall–Kier alpha value is -2.85. The lowest BCUT2D eigenvalue weighted by Crippen LogP contribution is -2.47. The first-order chi connectivity index (χ1) is 14.8. The number of ether oxygens (including phenoxy) is 1. The van der Waals surface area contributed by atoms with Crippen molar-refractivity contribution >= 4 is 17.5 Å². The van der Waals surface area contributed by atoms with Crippen LogP contribution in [-0.4, -0.2) is 18.1 Å². The summed E-state index contributed by atoms with van der Waals surface area (Å²) in [5.74, 6) is 0.186. The molecule has 3 rings (SSSR count). The highest BCUT2D eigenvalue weighted by Gasteiger charge is 2.31. The third-order valence-electron chi connectivity index (χ3n) is 5.44. The molecule has 162 valence electrons. The van der Waals surface area contributed by atoms with Crippen LogP contribution in [0, 0.1) is 5.82 Å². The lowest BCUT2D eigenvalue weighted by molar-refractivity contribution is -0.134. The molecular weight excluding hydrogens is 413 g/mol. The maximum absolute atomic E-state index is 13.4. The van der Waals surface area contributed by atoms with E-state index >= 15 is 0 Å². The van der Waals surface area contributed by atoms with Crippen LogP contribution in [0.15, 0.2) is 78.9 Å². The molecule has 0 radical (unpaired) electrons. The highest BCUT2D eigenvalue weighted by Crippen LogP contribution is 2.32. The second kappa shape index (κ2) is 9.97. The summed E-state index contributed by atoms with van der Waals surface area (Å²) in [6, 6.07) is 23.5. The van der Waals surface area contributed by atoms with Crippen LogP contribution in [0.4, 0.5) is 4.39 Å². The van der Waals surface area contributed by atoms with Crippen molar-refractivity contribution in [1.82, 2.24) is 5.32 Å². The molecule has 0 aliphatic heterocycles. The quantitative estimate of drug-likeness (QED) is 0.444. The number of hydrogen-bond acceptors (Lipinski definition) is 2. The zero-order chi connectivity index (χ0) is 22.4. The van der Waals surface area contributed by atoms with Crippen LogP contribution in [0.2, 0.25) is 5.02 Å². The van der Waals surface area contributed by atoms with Crippen molar-refractivity contribution in [3.8, 4) is 5.75 Å². The smallest absolute Gasteiger partial charge is 0.263 e. The topological polar surface area (TPSA) is 38.3 Å². The van der Waals surface area contributed by atoms with Gasteiger partial charge in [-0.05, 0) is 67.3 Å². The maximum Gasteiger partial charge on any atom is 0.263 e. The molecule has 5 heteroatoms. The standard InChI is InChI=1S/C26H27ClFNO2/c1-18(19-9-13-22(28)14-10-19)24(20-7-5-4-6-8-20)17-29-25(30)26(2,3)31-23-15-11-21(27)12-16-23/h4-16,18,24H,17H2,1-3H3,(H,29,30). The van der Waals surface area contributed by atoms with E-state index in [9.17, 15) is 9.18 Å². The van der Waals surface area contributed by atoms with Crippen LogP contribution >= 0.6 is 11.6 Å². The molecule has 0 bridgehead atoms. The second-order valence-electron chi connectivity index (χ2n) is 8.13. The minimum Gasteiger partial charge on any atom is -0.478 e. The first-order valence-corrected chi connectivity index (χ1v) is 10.7. The molecule has 2 unspecified atom stereocenters. The van der Waals surface area contributed by atoms with Crippen molar-refractivity contribution < 1.29 is 13.9 Å². The Morgan fingerprint density at radius 1 is 0.968 bits per heavy atom. The number of amides is 1. The molecule has 1 N–H and O–H groups in total. The van der Waals surface area contributed by atoms with Gasteiger partial charge in [-0.25, -0.2) is 4.39 Å². The van der Waals surface area contributed by atoms with Gasteiger partial charge in [-0.15, -0.1) is 0 Å². The zero-order valence-corrected chi connectivity index (χ0v) is 18.7. The Bertz CT molecular complexity index is 988. The first kappa shape index (κ1) is 22.8. The summed E-state index contributed by atoms with van der Waals surface area (Å²) in [6.45, 7) is 5.98. The maximum atomic E-state index is 13.4. The summed E-state index contributed by atoms with van der Waals surface area (Å²) in [5.41, 5.74) is 1.06. The fraction of sp³-hybridized carbons (Fsp3) is 0.269. The molecule has 2 atom stereocenters. The average molecular weight is 440 g/mol. The van der Waals surface area contributed by atoms with E-state index in [-0.39, 0.29) is 23.6 Å². The number of hydrogen-bond donors (Lipinski definition) is 1. The molecule has 0 heterocycles. The van der Waals surface area contributed by atoms with Crippen molar-refractivity contribution in [3.05, 3.63) is 101 Å². The fourth-order valence-electron chi connectivity index (χ4n) is 3.54. The Morgan fingerprint density at radius 3 is 2.19 bits per heavy atom. The largest absolute Gasteiger partial charge is 0.478 e. The summed E-state index contributed by atoms with van der Waals surface area (Å²) in [4.78, 5) is 13.0. The van der Waals surface area contributed by atoms with E-state index in [2.05, 4.69) is 12.2 Å². The van der Waals surface area contributed by atoms with E-state index in [1.807, 2.05) is 30.3 Å². The van der Waals surface area contributed by atoms with E-state index in [0.29, 0.717) is 17.3 Å². The van der Waals surface area contributed by atoms with Gasteiger partial charge in [-0.1, -0.05) is 61.0 Å². The lowest BCUT2D eigenvalue weighted by Gasteiger charge is -2.29. The van der Waals surface area contributed by atoms with Crippen LogP contribution in [0.5, 0.6) is 5.75 Å². The number of halogens is 2. The van der Waals surface area contributed by atoms with Crippen LogP contribution in [-0.2, 0) is 4.79 Å². The highest BCUT2D eigenvalue weighted by atomic mass is 35.5. The molecule has 1 amide bonds. The Balaban J connectivity index is 1.74. The summed E-state index contributed by atoms with van der Waals surface area (Å²) in [5, 5.41) is 3.66. The number of nitrogens with one attached hydrogen (secondary N) is 1. The van der Waals surface area contributed by atoms with Crippen molar-refractivity contribution in [3.63, 3.8) is 0 Å². The Labute approximate surface area is 188 Å². The van der Waals surface area contributed by atoms with Gasteiger partial charge in [0.1, 0.15) is 11.6 Å². The van der Waals surface area contributed by atoms with Gasteiger partial charge in [0.2, 0.25) is 0 Å². The van der Waals surface area contributed by atoms with Gasteiger partial charge in [0.25, 0.3) is 5.91 Å². The monoisotopic (exact) mass is 439 g/mol. The molecular formula is C26H27ClFNO2. The van der Waals surface area contributed by atoms with E-state index in [4.69, 9.17) is 16.3 Å². The first-order valence-electron chi connectivity index (χ1n) is 10.3. The average Bonchev–Trinajstić information content (AvgIpc) is 2.76. The van der Waals surface area contributed by atoms with Crippen LogP contribution in [0.3, 0.4) is 0 Å². The lowest BCUT2D eigenvalue weighted by atomic mass is 9.82. The number of carbonyl (C=O) groups is 1. The van der Waals surface area contributed by atoms with Crippen LogP contribution < -0.4 is 10.1 Å². The summed E-state index contributed by atoms with van der Waals surface area (Å²) < 4.78 is 19.3. The third-order valence-corrected chi connectivity index (χ3v) is 5.70. The molecule has 0 fully saturated rings. The Morgan fingerprint density at radius 2 is 1.58 bits per heavy atom. The van der Waals surface area contributed by atoms with Gasteiger partial charge in [0, 0.05) is 17.5 Å². The molecule has 0 aliphatic rings. The van der Waals surface area contributed by atoms with Crippen molar-refractivity contribution in [1.29, 1.82) is 0 Å². The predicted molar refractivity (Wildman–Crippen MR) is 123 cm³/mol. The molecule has 3 aromatic carbocycles. The number of carbonyl (C=O) groups excluding carboxylic acids is 1. The molecule has 3 nitrogen and oxygen atoms in total. The molecule has 0 aromatic heterocycles. The Kier molecular flexibility index (Phi) is 7.34. The molecule has 0 spiro atoms. The van der Waals surface area contributed by atoms with E-state index in [1.54, 1.807) is 50.2 Å². The van der Waals surface area contributed by atoms with Crippen molar-refractivity contribution in [2.45, 2.75) is 38.2 Å². The van der Waals surface area contributed by atoms with Crippen LogP contribution in [0.25, 0.3) is 0 Å². The minimum atomic E-state index is -1.06. The van der Waals surface area contributed by atoms with E-state index in [1.165, 1.54) is 12.1 Å². The normalized spacial score (nSPS) is 13.3. The SMILES string of the molecule is CC(c1ccc(F)cc1)C(CNC(=O)C(C)(C)Oc1ccc(Cl)cc1)c1ccccc1. The molecule has 0 saturated heterocycles. The van der Waals surface area contributed by atoms with Crippen LogP contribution in [0.1, 0.15) is 43.7 Å². The number of benzene rings is 3. The molecule has 3 aromatic rings. The molecule has 31 heavy (non-hydrogen) atoms. The zero-order valence-electron chi connectivity index (χ0n) is 17.9. The van der Waals surface area contributed by atoms with E-state index in [0.717, 1.165) is 11.1 Å². The van der Waals surface area contributed by atoms with Gasteiger partial charge >= 0.3 is 0 Å². The summed E-state index contributed by atoms with van der Waals surface area (Å²) in [7, 11) is 0. The second-order valence-corrected chi connectivity index (χ2v) is 8.57. The van der Waals surface area contributed by atoms with Gasteiger partial charge in [0.15, 0.2) is 5.60 Å². The number of rotatable bonds is 8. The molecule has 0 saturated carbocycles. The fourth-order valence-corrected chi connectivity index (χ4v) is 3.67. The van der Waals surface area contributed by atoms with Crippen molar-refractivity contribution in [2.75, 3.05) is 6.54 Å².